The van der Waals surface area contributed by atoms with Crippen LogP contribution in [-0.4, -0.2) is 263 Å². The summed E-state index contributed by atoms with van der Waals surface area (Å²) in [6, 6.07) is -11.1. The van der Waals surface area contributed by atoms with E-state index in [0.717, 1.165) is 62.7 Å². The molecule has 6 fully saturated rings. The first-order valence-corrected chi connectivity index (χ1v) is 39.1. The average Bonchev–Trinajstić information content (AvgIpc) is 1.14. The average molecular weight is 1490 g/mol. The van der Waals surface area contributed by atoms with E-state index in [1.807, 2.05) is 27.7 Å². The minimum absolute atomic E-state index is 0.00846. The summed E-state index contributed by atoms with van der Waals surface area (Å²) >= 11 is 6.46. The van der Waals surface area contributed by atoms with Crippen molar-refractivity contribution in [3.63, 3.8) is 0 Å². The highest BCUT2D eigenvalue weighted by atomic mass is 35.5. The molecule has 28 heteroatoms. The maximum atomic E-state index is 15.7. The number of carbonyl (C=O) groups is 12. The van der Waals surface area contributed by atoms with Crippen molar-refractivity contribution >= 4 is 82.5 Å². The Hall–Kier alpha value is -6.28. The third-order valence-corrected chi connectivity index (χ3v) is 25.0. The second-order valence-electron chi connectivity index (χ2n) is 32.7. The lowest BCUT2D eigenvalue weighted by molar-refractivity contribution is -0.182. The van der Waals surface area contributed by atoms with Crippen molar-refractivity contribution < 1.29 is 70.7 Å². The van der Waals surface area contributed by atoms with Crippen LogP contribution in [0.1, 0.15) is 216 Å². The number of fused-ring (bicyclic) bond motifs is 1. The van der Waals surface area contributed by atoms with Gasteiger partial charge >= 0.3 is 6.18 Å². The van der Waals surface area contributed by atoms with Gasteiger partial charge in [0.2, 0.25) is 70.9 Å². The summed E-state index contributed by atoms with van der Waals surface area (Å²) in [6.07, 6.45) is 5.29. The largest absolute Gasteiger partial charge is 0.393 e. The summed E-state index contributed by atoms with van der Waals surface area (Å²) in [5.41, 5.74) is -1.60. The molecule has 1 spiro atoms. The number of amides is 12. The topological polar surface area (TPSA) is 270 Å². The molecule has 0 aromatic carbocycles. The number of alkyl halides is 4. The Morgan fingerprint density at radius 3 is 1.72 bits per heavy atom. The third kappa shape index (κ3) is 21.3. The molecule has 6 rings (SSSR count). The minimum atomic E-state index is -4.52. The molecule has 0 aromatic rings. The number of halogens is 4. The van der Waals surface area contributed by atoms with Crippen molar-refractivity contribution in [2.45, 2.75) is 287 Å². The lowest BCUT2D eigenvalue weighted by Gasteiger charge is -2.45. The molecule has 3 unspecified atom stereocenters. The molecule has 0 radical (unpaired) electrons. The second kappa shape index (κ2) is 38.0. The molecule has 3 N–H and O–H groups in total. The van der Waals surface area contributed by atoms with Gasteiger partial charge in [0.1, 0.15) is 59.9 Å². The number of carbonyl (C=O) groups excluding carboxylic acids is 12. The van der Waals surface area contributed by atoms with Crippen LogP contribution in [0.2, 0.25) is 0 Å². The lowest BCUT2D eigenvalue weighted by atomic mass is 9.78. The molecule has 4 aliphatic carbocycles. The Morgan fingerprint density at radius 1 is 0.596 bits per heavy atom. The first-order valence-electron chi connectivity index (χ1n) is 38.7. The van der Waals surface area contributed by atoms with E-state index in [0.29, 0.717) is 31.6 Å². The smallest absolute Gasteiger partial charge is 0.347 e. The number of nitrogens with zero attached hydrogens (tertiary/aromatic N) is 9. The van der Waals surface area contributed by atoms with E-state index in [4.69, 9.17) is 11.6 Å². The van der Waals surface area contributed by atoms with Gasteiger partial charge < -0.3 is 60.0 Å². The van der Waals surface area contributed by atoms with Gasteiger partial charge in [0, 0.05) is 75.4 Å². The van der Waals surface area contributed by atoms with E-state index in [9.17, 15) is 46.7 Å². The summed E-state index contributed by atoms with van der Waals surface area (Å²) in [6.45, 7) is 14.2. The van der Waals surface area contributed by atoms with Crippen molar-refractivity contribution in [3.05, 3.63) is 0 Å². The van der Waals surface area contributed by atoms with Crippen LogP contribution in [0, 0.1) is 47.3 Å². The number of nitrogens with one attached hydrogen (secondary N) is 3. The van der Waals surface area contributed by atoms with Gasteiger partial charge in [0.25, 0.3) is 0 Å². The molecule has 104 heavy (non-hydrogen) atoms. The quantitative estimate of drug-likeness (QED) is 0.142. The van der Waals surface area contributed by atoms with Gasteiger partial charge in [-0.1, -0.05) is 132 Å². The van der Waals surface area contributed by atoms with Gasteiger partial charge in [0.05, 0.1) is 18.9 Å². The molecule has 2 heterocycles. The maximum absolute atomic E-state index is 15.7. The lowest BCUT2D eigenvalue weighted by Crippen LogP contribution is -2.65. The normalized spacial score (nSPS) is 31.4. The summed E-state index contributed by atoms with van der Waals surface area (Å²) in [5, 5.41) is 7.72. The first kappa shape index (κ1) is 86.6. The Morgan fingerprint density at radius 2 is 1.17 bits per heavy atom. The van der Waals surface area contributed by atoms with Crippen LogP contribution < -0.4 is 16.0 Å². The zero-order valence-corrected chi connectivity index (χ0v) is 66.2. The summed E-state index contributed by atoms with van der Waals surface area (Å²) in [5.74, 6) is -10.6. The molecule has 590 valence electrons. The van der Waals surface area contributed by atoms with E-state index in [2.05, 4.69) is 22.9 Å². The number of hydrogen-bond donors (Lipinski definition) is 3. The summed E-state index contributed by atoms with van der Waals surface area (Å²) in [7, 11) is 13.1. The number of hydrogen-bond acceptors (Lipinski definition) is 12. The molecule has 14 atom stereocenters. The third-order valence-electron chi connectivity index (χ3n) is 24.6. The highest BCUT2D eigenvalue weighted by Crippen LogP contribution is 2.44. The van der Waals surface area contributed by atoms with Crippen LogP contribution in [0.15, 0.2) is 0 Å². The van der Waals surface area contributed by atoms with Gasteiger partial charge in [-0.25, -0.2) is 0 Å². The van der Waals surface area contributed by atoms with Crippen LogP contribution in [0.4, 0.5) is 13.2 Å². The minimum Gasteiger partial charge on any atom is -0.347 e. The summed E-state index contributed by atoms with van der Waals surface area (Å²) < 4.78 is 42.4. The van der Waals surface area contributed by atoms with Crippen LogP contribution in [0.3, 0.4) is 0 Å². The van der Waals surface area contributed by atoms with Crippen molar-refractivity contribution in [1.29, 1.82) is 0 Å². The van der Waals surface area contributed by atoms with Crippen LogP contribution >= 0.6 is 11.6 Å². The monoisotopic (exact) mass is 1490 g/mol. The molecule has 6 aliphatic rings. The summed E-state index contributed by atoms with van der Waals surface area (Å²) in [4.78, 5) is 193. The molecule has 2 saturated heterocycles. The van der Waals surface area contributed by atoms with Crippen LogP contribution in [0.5, 0.6) is 0 Å². The molecule has 24 nitrogen and oxygen atoms in total. The van der Waals surface area contributed by atoms with Crippen molar-refractivity contribution in [3.8, 4) is 0 Å². The molecule has 12 amide bonds. The fourth-order valence-corrected chi connectivity index (χ4v) is 17.3. The van der Waals surface area contributed by atoms with Crippen molar-refractivity contribution in [1.82, 2.24) is 60.0 Å². The highest BCUT2D eigenvalue weighted by Gasteiger charge is 2.52. The van der Waals surface area contributed by atoms with E-state index in [-0.39, 0.29) is 101 Å². The van der Waals surface area contributed by atoms with Crippen LogP contribution in [0.25, 0.3) is 0 Å². The van der Waals surface area contributed by atoms with Gasteiger partial charge in [0.15, 0.2) is 0 Å². The van der Waals surface area contributed by atoms with E-state index < -0.39 is 173 Å². The van der Waals surface area contributed by atoms with Gasteiger partial charge in [-0.3, -0.25) is 57.5 Å². The predicted octanol–water partition coefficient (Wildman–Crippen LogP) is 7.61. The Labute approximate surface area is 621 Å². The first-order chi connectivity index (χ1) is 48.7. The van der Waals surface area contributed by atoms with Crippen LogP contribution in [-0.2, 0) is 57.5 Å². The predicted molar refractivity (Wildman–Crippen MR) is 390 cm³/mol. The van der Waals surface area contributed by atoms with Gasteiger partial charge in [-0.15, -0.1) is 11.6 Å². The Kier molecular flexibility index (Phi) is 31.7. The van der Waals surface area contributed by atoms with E-state index in [1.54, 1.807) is 13.8 Å². The van der Waals surface area contributed by atoms with E-state index >= 15 is 24.0 Å². The molecule has 0 aromatic heterocycles. The second-order valence-corrected chi connectivity index (χ2v) is 33.2. The fraction of sp³-hybridized carbons (Fsp3) is 0.842. The molecule has 0 bridgehead atoms. The number of rotatable bonds is 14. The van der Waals surface area contributed by atoms with Gasteiger partial charge in [-0.2, -0.15) is 13.2 Å². The zero-order valence-electron chi connectivity index (χ0n) is 65.4. The molecule has 2 aliphatic heterocycles. The Balaban J connectivity index is 1.47. The van der Waals surface area contributed by atoms with Crippen molar-refractivity contribution in [2.75, 3.05) is 76.5 Å². The zero-order chi connectivity index (χ0) is 77.7. The molecular formula is C76H126ClF3N12O12. The highest BCUT2D eigenvalue weighted by molar-refractivity contribution is 6.21. The molecular weight excluding hydrogens is 1370 g/mol. The fourth-order valence-electron chi connectivity index (χ4n) is 16.8. The van der Waals surface area contributed by atoms with E-state index in [1.165, 1.54) is 110 Å². The molecule has 4 saturated carbocycles. The Bertz CT molecular complexity index is 3010. The standard InChI is InChI=1S/C76H126ClF3N12O12/c1-18-47(6)63-72(102)86(12)49(8)67(97)92-38-35-56(92)71(101)89(15)59(42-52-29-27-46(5)28-30-52)70(100)85(11)44-61(93)81-55(34-32-51-31-33-53(54(77)40-51)76(78,79)80)68(98)88(14)58(41-50-25-21-20-22-26-50)66(96)83-75(36-23-24-37-75)74(104)91(17)64(48(7)19-2)73(103)90(16)60(69(99)84(9)10)43-62(94)87(13)57(39-45(3)4)65(95)82-63/h45-60,63-64H,18-44H2,1-17H3,(H,81,93)(H,82,95)(H,83,96)/t46?,47-,48-,49-,51?,52?,53?,54?,55-,56-,57-,58+,59-,60-,63-,64-/m0/s1. The van der Waals surface area contributed by atoms with Crippen molar-refractivity contribution in [2.24, 2.45) is 47.3 Å². The van der Waals surface area contributed by atoms with Gasteiger partial charge in [-0.05, 0) is 119 Å². The number of likely N-dealkylation sites (N-methyl/N-ethyl adjacent to an activating group) is 8. The maximum Gasteiger partial charge on any atom is 0.393 e. The SMILES string of the molecule is CC[C@H](C)[C@@H]1NC(=O)[C@H](CC(C)C)N(C)C(=O)C[C@@H](C(=O)N(C)C)N(C)C(=O)[C@H]([C@@H](C)CC)N(C)C(=O)C2(CCCC2)NC(=O)[C@@H](CC2CCCCC2)N(C)C(=O)[C@H](CCC2CCC(C(F)(F)F)C(Cl)C2)NC(=O)CN(C)C(=O)[C@H](CC2CCC(C)CC2)N(C)C(=O)[C@@H]2CCN2C(=O)[C@H](C)N(C)C1=O.